The first-order valence-corrected chi connectivity index (χ1v) is 3.29. The molecule has 0 saturated heterocycles. The molecule has 0 aromatic carbocycles. The van der Waals surface area contributed by atoms with E-state index < -0.39 is 0 Å². The van der Waals surface area contributed by atoms with Gasteiger partial charge in [0.2, 0.25) is 0 Å². The van der Waals surface area contributed by atoms with Crippen LogP contribution < -0.4 is 0 Å². The van der Waals surface area contributed by atoms with E-state index in [4.69, 9.17) is 0 Å². The number of hydrogen-bond donors (Lipinski definition) is 1. The maximum atomic E-state index is 4.13. The molecule has 0 aromatic heterocycles. The maximum absolute atomic E-state index is 4.13. The summed E-state index contributed by atoms with van der Waals surface area (Å²) in [5.41, 5.74) is 0. The van der Waals surface area contributed by atoms with E-state index in [1.807, 2.05) is 0 Å². The van der Waals surface area contributed by atoms with Crippen LogP contribution in [0.5, 0.6) is 0 Å². The third kappa shape index (κ3) is 10.4. The average Bonchev–Trinajstić information content (AvgIpc) is 1.69. The summed E-state index contributed by atoms with van der Waals surface area (Å²) < 4.78 is 0. The van der Waals surface area contributed by atoms with Crippen molar-refractivity contribution in [1.29, 1.82) is 0 Å². The van der Waals surface area contributed by atoms with E-state index in [2.05, 4.69) is 24.9 Å². The van der Waals surface area contributed by atoms with Crippen molar-refractivity contribution in [2.24, 2.45) is 0 Å². The van der Waals surface area contributed by atoms with Gasteiger partial charge in [-0.25, -0.2) is 0 Å². The fourth-order valence-corrected chi connectivity index (χ4v) is 0.482. The second-order valence-corrected chi connectivity index (χ2v) is 1.84. The van der Waals surface area contributed by atoms with Gasteiger partial charge in [-0.1, -0.05) is 13.3 Å². The maximum Gasteiger partial charge on any atom is 0 e. The Morgan fingerprint density at radius 1 is 1.38 bits per heavy atom. The standard InChI is InChI=1S/C5H12NS.Y/c1-2-3-6-4-5-7;/h7H,2-5H2,1H3;/q-1;. The molecule has 0 atom stereocenters. The van der Waals surface area contributed by atoms with Crippen molar-refractivity contribution < 1.29 is 32.7 Å². The Kier molecular flexibility index (Phi) is 17.0. The molecule has 0 saturated carbocycles. The molecular formula is C5H12NSY-. The molecular weight excluding hydrogens is 195 g/mol. The van der Waals surface area contributed by atoms with E-state index in [-0.39, 0.29) is 32.7 Å². The quantitative estimate of drug-likeness (QED) is 0.532. The number of thiol groups is 1. The second kappa shape index (κ2) is 11.2. The molecule has 8 heavy (non-hydrogen) atoms. The number of rotatable bonds is 4. The Balaban J connectivity index is 0. The minimum absolute atomic E-state index is 0. The van der Waals surface area contributed by atoms with Gasteiger partial charge < -0.3 is 5.32 Å². The van der Waals surface area contributed by atoms with Crippen molar-refractivity contribution in [2.75, 3.05) is 18.8 Å². The molecule has 0 aliphatic carbocycles. The molecule has 0 heterocycles. The Morgan fingerprint density at radius 3 is 2.38 bits per heavy atom. The summed E-state index contributed by atoms with van der Waals surface area (Å²) in [5, 5.41) is 4.13. The summed E-state index contributed by atoms with van der Waals surface area (Å²) in [6.07, 6.45) is 1.16. The van der Waals surface area contributed by atoms with Crippen LogP contribution in [-0.4, -0.2) is 18.8 Å². The zero-order chi connectivity index (χ0) is 5.54. The molecule has 1 nitrogen and oxygen atoms in total. The van der Waals surface area contributed by atoms with Crippen LogP contribution in [0.2, 0.25) is 0 Å². The predicted molar refractivity (Wildman–Crippen MR) is 37.2 cm³/mol. The molecule has 0 aliphatic heterocycles. The van der Waals surface area contributed by atoms with Crippen LogP contribution in [0, 0.1) is 0 Å². The van der Waals surface area contributed by atoms with Gasteiger partial charge in [0.25, 0.3) is 0 Å². The van der Waals surface area contributed by atoms with E-state index in [9.17, 15) is 0 Å². The van der Waals surface area contributed by atoms with Gasteiger partial charge in [-0.15, -0.1) is 13.1 Å². The van der Waals surface area contributed by atoms with E-state index in [1.54, 1.807) is 0 Å². The summed E-state index contributed by atoms with van der Waals surface area (Å²) in [7, 11) is 0. The molecule has 0 aliphatic rings. The second-order valence-electron chi connectivity index (χ2n) is 1.39. The molecule has 0 spiro atoms. The van der Waals surface area contributed by atoms with Crippen LogP contribution >= 0.6 is 12.6 Å². The molecule has 1 radical (unpaired) electrons. The topological polar surface area (TPSA) is 14.1 Å². The van der Waals surface area contributed by atoms with E-state index in [0.29, 0.717) is 0 Å². The third-order valence-corrected chi connectivity index (χ3v) is 0.840. The van der Waals surface area contributed by atoms with Crippen LogP contribution in [0.3, 0.4) is 0 Å². The number of nitrogens with zero attached hydrogens (tertiary/aromatic N) is 1. The first kappa shape index (κ1) is 12.1. The van der Waals surface area contributed by atoms with E-state index >= 15 is 0 Å². The van der Waals surface area contributed by atoms with Gasteiger partial charge in [-0.3, -0.25) is 0 Å². The van der Waals surface area contributed by atoms with Crippen molar-refractivity contribution in [3.63, 3.8) is 0 Å². The average molecular weight is 207 g/mol. The first-order valence-electron chi connectivity index (χ1n) is 2.66. The summed E-state index contributed by atoms with van der Waals surface area (Å²) in [4.78, 5) is 0. The van der Waals surface area contributed by atoms with Crippen LogP contribution in [0.15, 0.2) is 0 Å². The van der Waals surface area contributed by atoms with Gasteiger partial charge >= 0.3 is 0 Å². The van der Waals surface area contributed by atoms with Crippen LogP contribution in [0.25, 0.3) is 5.32 Å². The smallest absolute Gasteiger partial charge is 0 e. The predicted octanol–water partition coefficient (Wildman–Crippen LogP) is 1.70. The monoisotopic (exact) mass is 207 g/mol. The van der Waals surface area contributed by atoms with Crippen LogP contribution in [0.4, 0.5) is 0 Å². The molecule has 0 rings (SSSR count). The molecule has 47 valence electrons. The van der Waals surface area contributed by atoms with Gasteiger partial charge in [-0.2, -0.15) is 12.6 Å². The van der Waals surface area contributed by atoms with Gasteiger partial charge in [0.15, 0.2) is 0 Å². The molecule has 0 bridgehead atoms. The van der Waals surface area contributed by atoms with Crippen molar-refractivity contribution in [3.8, 4) is 0 Å². The van der Waals surface area contributed by atoms with Crippen LogP contribution in [0.1, 0.15) is 13.3 Å². The zero-order valence-electron chi connectivity index (χ0n) is 5.30. The third-order valence-electron chi connectivity index (χ3n) is 0.640. The van der Waals surface area contributed by atoms with Crippen molar-refractivity contribution in [2.45, 2.75) is 13.3 Å². The zero-order valence-corrected chi connectivity index (χ0v) is 9.03. The summed E-state index contributed by atoms with van der Waals surface area (Å²) >= 11 is 4.00. The molecule has 0 amide bonds. The SMILES string of the molecule is CCC[N-]CCS.[Y]. The molecule has 0 aromatic rings. The fraction of sp³-hybridized carbons (Fsp3) is 1.00. The summed E-state index contributed by atoms with van der Waals surface area (Å²) in [6, 6.07) is 0. The van der Waals surface area contributed by atoms with Crippen molar-refractivity contribution in [3.05, 3.63) is 5.32 Å². The van der Waals surface area contributed by atoms with Gasteiger partial charge in [0, 0.05) is 32.7 Å². The molecule has 3 heteroatoms. The summed E-state index contributed by atoms with van der Waals surface area (Å²) in [5.74, 6) is 0.889. The normalized spacial score (nSPS) is 8.25. The largest absolute Gasteiger partial charge is 0.662 e. The molecule has 0 unspecified atom stereocenters. The Hall–Kier alpha value is 1.41. The van der Waals surface area contributed by atoms with Crippen LogP contribution in [-0.2, 0) is 32.7 Å². The molecule has 0 N–H and O–H groups in total. The minimum Gasteiger partial charge on any atom is -0.662 e. The minimum atomic E-state index is 0. The first-order chi connectivity index (χ1) is 3.41. The summed E-state index contributed by atoms with van der Waals surface area (Å²) in [6.45, 7) is 4.04. The van der Waals surface area contributed by atoms with E-state index in [1.165, 1.54) is 0 Å². The van der Waals surface area contributed by atoms with Gasteiger partial charge in [0.05, 0.1) is 0 Å². The number of hydrogen-bond acceptors (Lipinski definition) is 1. The Labute approximate surface area is 82.3 Å². The molecule has 0 fully saturated rings. The van der Waals surface area contributed by atoms with Gasteiger partial charge in [0.1, 0.15) is 0 Å². The van der Waals surface area contributed by atoms with Crippen molar-refractivity contribution in [1.82, 2.24) is 0 Å². The Bertz CT molecular complexity index is 31.6. The Morgan fingerprint density at radius 2 is 2.00 bits per heavy atom. The van der Waals surface area contributed by atoms with Crippen molar-refractivity contribution >= 4 is 12.6 Å². The van der Waals surface area contributed by atoms with Gasteiger partial charge in [-0.05, 0) is 5.75 Å². The van der Waals surface area contributed by atoms with E-state index in [0.717, 1.165) is 25.3 Å². The fourth-order valence-electron chi connectivity index (χ4n) is 0.341.